The molecule has 146 valence electrons. The summed E-state index contributed by atoms with van der Waals surface area (Å²) < 4.78 is 37.8. The summed E-state index contributed by atoms with van der Waals surface area (Å²) in [6.07, 6.45) is 1.47. The minimum absolute atomic E-state index is 0.00370. The summed E-state index contributed by atoms with van der Waals surface area (Å²) in [6.45, 7) is 0.288. The number of para-hydroxylation sites is 1. The Bertz CT molecular complexity index is 1050. The van der Waals surface area contributed by atoms with E-state index in [-0.39, 0.29) is 29.5 Å². The predicted molar refractivity (Wildman–Crippen MR) is 103 cm³/mol. The van der Waals surface area contributed by atoms with Crippen molar-refractivity contribution in [2.24, 2.45) is 0 Å². The Balaban J connectivity index is 1.68. The number of hydrogen-bond donors (Lipinski definition) is 2. The molecular weight excluding hydrogens is 380 g/mol. The molecule has 7 nitrogen and oxygen atoms in total. The largest absolute Gasteiger partial charge is 0.496 e. The van der Waals surface area contributed by atoms with Gasteiger partial charge in [-0.25, -0.2) is 13.1 Å². The standard InChI is InChI=1S/C20H20N2O5S/c1-26-19-10-3-2-6-16(19)13-21-20(23)15-7-4-9-18(12-15)28(24,25)22-14-17-8-5-11-27-17/h2-12,22H,13-14H2,1H3,(H,21,23). The third-order valence-electron chi connectivity index (χ3n) is 4.05. The van der Waals surface area contributed by atoms with Crippen molar-refractivity contribution in [2.45, 2.75) is 18.0 Å². The van der Waals surface area contributed by atoms with Gasteiger partial charge in [0.25, 0.3) is 5.91 Å². The van der Waals surface area contributed by atoms with Gasteiger partial charge in [-0.1, -0.05) is 24.3 Å². The molecule has 2 aromatic carbocycles. The van der Waals surface area contributed by atoms with Crippen LogP contribution in [0.15, 0.2) is 76.2 Å². The third-order valence-corrected chi connectivity index (χ3v) is 5.45. The Hall–Kier alpha value is -3.10. The molecule has 0 saturated carbocycles. The zero-order valence-corrected chi connectivity index (χ0v) is 16.0. The second kappa shape index (κ2) is 8.73. The number of hydrogen-bond acceptors (Lipinski definition) is 5. The van der Waals surface area contributed by atoms with Crippen molar-refractivity contribution in [1.82, 2.24) is 10.0 Å². The van der Waals surface area contributed by atoms with Crippen molar-refractivity contribution >= 4 is 15.9 Å². The topological polar surface area (TPSA) is 97.6 Å². The Labute approximate surface area is 163 Å². The van der Waals surface area contributed by atoms with E-state index < -0.39 is 10.0 Å². The molecule has 3 rings (SSSR count). The van der Waals surface area contributed by atoms with Crippen molar-refractivity contribution in [2.75, 3.05) is 7.11 Å². The van der Waals surface area contributed by atoms with Crippen LogP contribution in [0.4, 0.5) is 0 Å². The lowest BCUT2D eigenvalue weighted by atomic mass is 10.2. The summed E-state index contributed by atoms with van der Waals surface area (Å²) in [5.41, 5.74) is 1.07. The van der Waals surface area contributed by atoms with E-state index in [1.165, 1.54) is 24.5 Å². The molecule has 0 spiro atoms. The van der Waals surface area contributed by atoms with Gasteiger partial charge in [0.2, 0.25) is 10.0 Å². The van der Waals surface area contributed by atoms with Crippen molar-refractivity contribution < 1.29 is 22.4 Å². The first-order chi connectivity index (χ1) is 13.5. The van der Waals surface area contributed by atoms with E-state index in [1.807, 2.05) is 18.2 Å². The molecule has 1 heterocycles. The van der Waals surface area contributed by atoms with Gasteiger partial charge in [-0.3, -0.25) is 4.79 Å². The maximum Gasteiger partial charge on any atom is 0.251 e. The fraction of sp³-hybridized carbons (Fsp3) is 0.150. The summed E-state index contributed by atoms with van der Waals surface area (Å²) in [7, 11) is -2.22. The van der Waals surface area contributed by atoms with Crippen molar-refractivity contribution in [1.29, 1.82) is 0 Å². The number of benzene rings is 2. The monoisotopic (exact) mass is 400 g/mol. The van der Waals surface area contributed by atoms with E-state index in [0.29, 0.717) is 11.5 Å². The molecular formula is C20H20N2O5S. The number of furan rings is 1. The zero-order valence-electron chi connectivity index (χ0n) is 15.2. The van der Waals surface area contributed by atoms with Crippen molar-refractivity contribution in [3.8, 4) is 5.75 Å². The number of methoxy groups -OCH3 is 1. The minimum Gasteiger partial charge on any atom is -0.496 e. The predicted octanol–water partition coefficient (Wildman–Crippen LogP) is 2.70. The van der Waals surface area contributed by atoms with Crippen molar-refractivity contribution in [3.05, 3.63) is 83.8 Å². The van der Waals surface area contributed by atoms with Gasteiger partial charge >= 0.3 is 0 Å². The van der Waals surface area contributed by atoms with Crippen LogP contribution in [0.2, 0.25) is 0 Å². The molecule has 0 aliphatic rings. The molecule has 8 heteroatoms. The molecule has 0 bridgehead atoms. The number of nitrogens with one attached hydrogen (secondary N) is 2. The van der Waals surface area contributed by atoms with E-state index in [4.69, 9.17) is 9.15 Å². The molecule has 1 aromatic heterocycles. The van der Waals surface area contributed by atoms with Crippen LogP contribution in [0.3, 0.4) is 0 Å². The first kappa shape index (κ1) is 19.7. The smallest absolute Gasteiger partial charge is 0.251 e. The maximum absolute atomic E-state index is 12.5. The van der Waals surface area contributed by atoms with Crippen LogP contribution in [0.5, 0.6) is 5.75 Å². The summed E-state index contributed by atoms with van der Waals surface area (Å²) >= 11 is 0. The fourth-order valence-corrected chi connectivity index (χ4v) is 3.63. The summed E-state index contributed by atoms with van der Waals surface area (Å²) in [5.74, 6) is 0.782. The summed E-state index contributed by atoms with van der Waals surface area (Å²) in [4.78, 5) is 12.5. The number of amides is 1. The zero-order chi connectivity index (χ0) is 20.0. The van der Waals surface area contributed by atoms with Gasteiger partial charge < -0.3 is 14.5 Å². The molecule has 3 aromatic rings. The van der Waals surface area contributed by atoms with Gasteiger partial charge in [-0.05, 0) is 36.4 Å². The Morgan fingerprint density at radius 2 is 1.86 bits per heavy atom. The van der Waals surface area contributed by atoms with E-state index in [2.05, 4.69) is 10.0 Å². The summed E-state index contributed by atoms with van der Waals surface area (Å²) in [5, 5.41) is 2.77. The molecule has 2 N–H and O–H groups in total. The van der Waals surface area contributed by atoms with Crippen LogP contribution < -0.4 is 14.8 Å². The van der Waals surface area contributed by atoms with Crippen LogP contribution in [-0.2, 0) is 23.1 Å². The van der Waals surface area contributed by atoms with E-state index in [0.717, 1.165) is 5.56 Å². The fourth-order valence-electron chi connectivity index (χ4n) is 2.59. The molecule has 0 aliphatic carbocycles. The van der Waals surface area contributed by atoms with Gasteiger partial charge in [0.05, 0.1) is 24.8 Å². The van der Waals surface area contributed by atoms with Crippen LogP contribution in [-0.4, -0.2) is 21.4 Å². The van der Waals surface area contributed by atoms with Crippen LogP contribution in [0, 0.1) is 0 Å². The number of rotatable bonds is 8. The van der Waals surface area contributed by atoms with Gasteiger partial charge in [-0.2, -0.15) is 0 Å². The van der Waals surface area contributed by atoms with Crippen LogP contribution >= 0.6 is 0 Å². The number of sulfonamides is 1. The first-order valence-corrected chi connectivity index (χ1v) is 10.00. The number of carbonyl (C=O) groups is 1. The lowest BCUT2D eigenvalue weighted by molar-refractivity contribution is 0.0950. The number of carbonyl (C=O) groups excluding carboxylic acids is 1. The Morgan fingerprint density at radius 1 is 1.04 bits per heavy atom. The van der Waals surface area contributed by atoms with Crippen molar-refractivity contribution in [3.63, 3.8) is 0 Å². The van der Waals surface area contributed by atoms with Gasteiger partial charge in [0.1, 0.15) is 11.5 Å². The molecule has 0 atom stereocenters. The molecule has 0 aliphatic heterocycles. The van der Waals surface area contributed by atoms with Crippen LogP contribution in [0.25, 0.3) is 0 Å². The van der Waals surface area contributed by atoms with Gasteiger partial charge in [-0.15, -0.1) is 0 Å². The molecule has 0 unspecified atom stereocenters. The average molecular weight is 400 g/mol. The van der Waals surface area contributed by atoms with E-state index >= 15 is 0 Å². The molecule has 28 heavy (non-hydrogen) atoms. The van der Waals surface area contributed by atoms with Crippen LogP contribution in [0.1, 0.15) is 21.7 Å². The maximum atomic E-state index is 12.5. The Morgan fingerprint density at radius 3 is 2.61 bits per heavy atom. The average Bonchev–Trinajstić information content (AvgIpc) is 3.24. The normalized spacial score (nSPS) is 11.2. The van der Waals surface area contributed by atoms with E-state index in [1.54, 1.807) is 31.4 Å². The lowest BCUT2D eigenvalue weighted by Gasteiger charge is -2.10. The highest BCUT2D eigenvalue weighted by molar-refractivity contribution is 7.89. The summed E-state index contributed by atoms with van der Waals surface area (Å²) in [6, 6.07) is 16.5. The highest BCUT2D eigenvalue weighted by atomic mass is 32.2. The highest BCUT2D eigenvalue weighted by Crippen LogP contribution is 2.17. The SMILES string of the molecule is COc1ccccc1CNC(=O)c1cccc(S(=O)(=O)NCc2ccco2)c1. The molecule has 0 radical (unpaired) electrons. The Kier molecular flexibility index (Phi) is 6.13. The molecule has 0 saturated heterocycles. The van der Waals surface area contributed by atoms with Gasteiger partial charge in [0, 0.05) is 17.7 Å². The quantitative estimate of drug-likeness (QED) is 0.606. The molecule has 0 fully saturated rings. The van der Waals surface area contributed by atoms with Gasteiger partial charge in [0.15, 0.2) is 0 Å². The third kappa shape index (κ3) is 4.79. The van der Waals surface area contributed by atoms with E-state index in [9.17, 15) is 13.2 Å². The second-order valence-corrected chi connectivity index (χ2v) is 7.69. The minimum atomic E-state index is -3.78. The molecule has 1 amide bonds. The number of ether oxygens (including phenoxy) is 1. The highest BCUT2D eigenvalue weighted by Gasteiger charge is 2.17. The lowest BCUT2D eigenvalue weighted by Crippen LogP contribution is -2.25. The second-order valence-electron chi connectivity index (χ2n) is 5.93. The first-order valence-electron chi connectivity index (χ1n) is 8.52.